The van der Waals surface area contributed by atoms with E-state index in [0.29, 0.717) is 6.54 Å². The molecule has 0 aliphatic heterocycles. The number of hydrogen-bond acceptors (Lipinski definition) is 2. The number of nitrogens with two attached hydrogens (primary N) is 1. The smallest absolute Gasteiger partial charge is 0.0394 e. The van der Waals surface area contributed by atoms with E-state index in [9.17, 15) is 0 Å². The zero-order valence-corrected chi connectivity index (χ0v) is 10.6. The van der Waals surface area contributed by atoms with E-state index in [4.69, 9.17) is 5.73 Å². The molecule has 0 spiro atoms. The summed E-state index contributed by atoms with van der Waals surface area (Å²) in [7, 11) is 2.10. The lowest BCUT2D eigenvalue weighted by atomic mass is 9.97. The average molecular weight is 220 g/mol. The fraction of sp³-hybridized carbons (Fsp3) is 0.571. The van der Waals surface area contributed by atoms with Crippen LogP contribution in [0.2, 0.25) is 0 Å². The van der Waals surface area contributed by atoms with E-state index in [1.54, 1.807) is 5.57 Å². The molecule has 1 rings (SSSR count). The van der Waals surface area contributed by atoms with Crippen LogP contribution < -0.4 is 5.73 Å². The molecule has 0 heterocycles. The topological polar surface area (TPSA) is 29.3 Å². The Labute approximate surface area is 99.5 Å². The van der Waals surface area contributed by atoms with Gasteiger partial charge in [0.05, 0.1) is 0 Å². The molecule has 0 aromatic rings. The predicted octanol–water partition coefficient (Wildman–Crippen LogP) is 3.18. The second-order valence-electron chi connectivity index (χ2n) is 4.34. The molecule has 0 radical (unpaired) electrons. The van der Waals surface area contributed by atoms with E-state index >= 15 is 0 Å². The highest BCUT2D eigenvalue weighted by molar-refractivity contribution is 5.31. The van der Waals surface area contributed by atoms with Gasteiger partial charge in [-0.15, -0.1) is 0 Å². The maximum atomic E-state index is 5.57. The van der Waals surface area contributed by atoms with Gasteiger partial charge in [0.15, 0.2) is 0 Å². The first-order valence-electron chi connectivity index (χ1n) is 6.20. The molecule has 0 unspecified atom stereocenters. The SMILES string of the molecule is C=C(CCN)N(C)C1=C(CCC)CCC=C1. The first kappa shape index (κ1) is 13.0. The van der Waals surface area contributed by atoms with E-state index in [1.165, 1.54) is 31.4 Å². The minimum absolute atomic E-state index is 0.670. The van der Waals surface area contributed by atoms with Crippen LogP contribution in [0, 0.1) is 0 Å². The molecule has 90 valence electrons. The number of nitrogens with zero attached hydrogens (tertiary/aromatic N) is 1. The third kappa shape index (κ3) is 3.24. The normalized spacial score (nSPS) is 15.4. The fourth-order valence-corrected chi connectivity index (χ4v) is 2.11. The molecule has 0 aromatic carbocycles. The molecule has 0 amide bonds. The Morgan fingerprint density at radius 2 is 2.31 bits per heavy atom. The van der Waals surface area contributed by atoms with Gasteiger partial charge in [0.25, 0.3) is 0 Å². The number of likely N-dealkylation sites (N-methyl/N-ethyl adjacent to an activating group) is 1. The van der Waals surface area contributed by atoms with Gasteiger partial charge < -0.3 is 10.6 Å². The van der Waals surface area contributed by atoms with Crippen LogP contribution in [0.25, 0.3) is 0 Å². The van der Waals surface area contributed by atoms with E-state index in [1.807, 2.05) is 0 Å². The van der Waals surface area contributed by atoms with Crippen molar-refractivity contribution >= 4 is 0 Å². The van der Waals surface area contributed by atoms with Crippen LogP contribution in [-0.4, -0.2) is 18.5 Å². The fourth-order valence-electron chi connectivity index (χ4n) is 2.11. The molecule has 2 N–H and O–H groups in total. The van der Waals surface area contributed by atoms with Crippen molar-refractivity contribution in [2.75, 3.05) is 13.6 Å². The van der Waals surface area contributed by atoms with E-state index < -0.39 is 0 Å². The lowest BCUT2D eigenvalue weighted by Crippen LogP contribution is -2.20. The van der Waals surface area contributed by atoms with Gasteiger partial charge >= 0.3 is 0 Å². The summed E-state index contributed by atoms with van der Waals surface area (Å²) in [6, 6.07) is 0. The Hall–Kier alpha value is -1.02. The Kier molecular flexibility index (Phi) is 5.33. The monoisotopic (exact) mass is 220 g/mol. The summed E-state index contributed by atoms with van der Waals surface area (Å²) in [6.45, 7) is 7.00. The number of hydrogen-bond donors (Lipinski definition) is 1. The van der Waals surface area contributed by atoms with E-state index in [2.05, 4.69) is 37.6 Å². The Balaban J connectivity index is 2.81. The third-order valence-electron chi connectivity index (χ3n) is 3.07. The molecule has 0 saturated carbocycles. The molecular weight excluding hydrogens is 196 g/mol. The summed E-state index contributed by atoms with van der Waals surface area (Å²) in [5.41, 5.74) is 9.58. The lowest BCUT2D eigenvalue weighted by molar-refractivity contribution is 0.497. The van der Waals surface area contributed by atoms with Crippen LogP contribution in [-0.2, 0) is 0 Å². The second kappa shape index (κ2) is 6.54. The van der Waals surface area contributed by atoms with Gasteiger partial charge in [0, 0.05) is 18.4 Å². The predicted molar refractivity (Wildman–Crippen MR) is 70.9 cm³/mol. The van der Waals surface area contributed by atoms with Crippen molar-refractivity contribution in [3.63, 3.8) is 0 Å². The molecule has 2 nitrogen and oxygen atoms in total. The summed E-state index contributed by atoms with van der Waals surface area (Å²) >= 11 is 0. The zero-order valence-electron chi connectivity index (χ0n) is 10.6. The first-order chi connectivity index (χ1) is 7.70. The first-order valence-corrected chi connectivity index (χ1v) is 6.20. The van der Waals surface area contributed by atoms with Crippen LogP contribution >= 0.6 is 0 Å². The Morgan fingerprint density at radius 3 is 2.94 bits per heavy atom. The van der Waals surface area contributed by atoms with Crippen molar-refractivity contribution < 1.29 is 0 Å². The van der Waals surface area contributed by atoms with Gasteiger partial charge in [0.2, 0.25) is 0 Å². The minimum atomic E-state index is 0.670. The molecule has 16 heavy (non-hydrogen) atoms. The number of allylic oxidation sites excluding steroid dienone is 3. The van der Waals surface area contributed by atoms with Crippen LogP contribution in [0.3, 0.4) is 0 Å². The van der Waals surface area contributed by atoms with Crippen molar-refractivity contribution in [3.8, 4) is 0 Å². The van der Waals surface area contributed by atoms with Crippen molar-refractivity contribution in [3.05, 3.63) is 35.7 Å². The second-order valence-corrected chi connectivity index (χ2v) is 4.34. The van der Waals surface area contributed by atoms with Crippen LogP contribution in [0.4, 0.5) is 0 Å². The molecule has 1 aliphatic rings. The molecule has 0 fully saturated rings. The van der Waals surface area contributed by atoms with Gasteiger partial charge in [-0.2, -0.15) is 0 Å². The van der Waals surface area contributed by atoms with E-state index in [0.717, 1.165) is 12.1 Å². The van der Waals surface area contributed by atoms with Gasteiger partial charge in [0.1, 0.15) is 0 Å². The molecule has 0 bridgehead atoms. The average Bonchev–Trinajstić information content (AvgIpc) is 2.29. The molecular formula is C14H24N2. The molecule has 0 aromatic heterocycles. The quantitative estimate of drug-likeness (QED) is 0.745. The molecule has 2 heteroatoms. The van der Waals surface area contributed by atoms with Crippen molar-refractivity contribution in [1.29, 1.82) is 0 Å². The Morgan fingerprint density at radius 1 is 1.56 bits per heavy atom. The highest BCUT2D eigenvalue weighted by Gasteiger charge is 2.13. The zero-order chi connectivity index (χ0) is 12.0. The van der Waals surface area contributed by atoms with Gasteiger partial charge in [-0.05, 0) is 43.9 Å². The molecule has 0 atom stereocenters. The molecule has 0 saturated heterocycles. The minimum Gasteiger partial charge on any atom is -0.349 e. The van der Waals surface area contributed by atoms with Crippen molar-refractivity contribution in [1.82, 2.24) is 4.90 Å². The molecule has 1 aliphatic carbocycles. The largest absolute Gasteiger partial charge is 0.349 e. The summed E-state index contributed by atoms with van der Waals surface area (Å²) in [5.74, 6) is 0. The number of rotatable bonds is 6. The van der Waals surface area contributed by atoms with Gasteiger partial charge in [-0.3, -0.25) is 0 Å². The van der Waals surface area contributed by atoms with Gasteiger partial charge in [-0.1, -0.05) is 26.0 Å². The maximum absolute atomic E-state index is 5.57. The van der Waals surface area contributed by atoms with Crippen molar-refractivity contribution in [2.24, 2.45) is 5.73 Å². The van der Waals surface area contributed by atoms with Gasteiger partial charge in [-0.25, -0.2) is 0 Å². The summed E-state index contributed by atoms with van der Waals surface area (Å²) in [4.78, 5) is 2.20. The van der Waals surface area contributed by atoms with Crippen LogP contribution in [0.1, 0.15) is 39.0 Å². The maximum Gasteiger partial charge on any atom is 0.0394 e. The van der Waals surface area contributed by atoms with Crippen LogP contribution in [0.5, 0.6) is 0 Å². The third-order valence-corrected chi connectivity index (χ3v) is 3.07. The lowest BCUT2D eigenvalue weighted by Gasteiger charge is -2.27. The van der Waals surface area contributed by atoms with Crippen LogP contribution in [0.15, 0.2) is 35.7 Å². The summed E-state index contributed by atoms with van der Waals surface area (Å²) < 4.78 is 0. The summed E-state index contributed by atoms with van der Waals surface area (Å²) in [6.07, 6.45) is 10.1. The Bertz CT molecular complexity index is 300. The van der Waals surface area contributed by atoms with E-state index in [-0.39, 0.29) is 0 Å². The highest BCUT2D eigenvalue weighted by atomic mass is 15.1. The van der Waals surface area contributed by atoms with Crippen molar-refractivity contribution in [2.45, 2.75) is 39.0 Å². The summed E-state index contributed by atoms with van der Waals surface area (Å²) in [5, 5.41) is 0. The highest BCUT2D eigenvalue weighted by Crippen LogP contribution is 2.27. The standard InChI is InChI=1S/C14H24N2/c1-4-7-13-8-5-6-9-14(13)16(3)12(2)10-11-15/h6,9H,2,4-5,7-8,10-11,15H2,1,3H3.